The van der Waals surface area contributed by atoms with Gasteiger partial charge in [-0.2, -0.15) is 0 Å². The van der Waals surface area contributed by atoms with E-state index in [2.05, 4.69) is 80.2 Å². The summed E-state index contributed by atoms with van der Waals surface area (Å²) in [5.41, 5.74) is 3.08. The lowest BCUT2D eigenvalue weighted by Gasteiger charge is -2.53. The van der Waals surface area contributed by atoms with Crippen molar-refractivity contribution in [3.63, 3.8) is 0 Å². The molecule has 1 aliphatic carbocycles. The van der Waals surface area contributed by atoms with Crippen LogP contribution in [0.1, 0.15) is 94.9 Å². The van der Waals surface area contributed by atoms with Gasteiger partial charge in [-0.05, 0) is 68.6 Å². The van der Waals surface area contributed by atoms with Crippen molar-refractivity contribution in [3.05, 3.63) is 11.6 Å². The zero-order valence-corrected chi connectivity index (χ0v) is 18.2. The zero-order valence-electron chi connectivity index (χ0n) is 18.2. The summed E-state index contributed by atoms with van der Waals surface area (Å²) in [4.78, 5) is 2.82. The highest BCUT2D eigenvalue weighted by atomic mass is 15.2. The topological polar surface area (TPSA) is 3.24 Å². The third kappa shape index (κ3) is 4.65. The Labute approximate surface area is 152 Å². The molecule has 0 amide bonds. The first-order valence-electron chi connectivity index (χ1n) is 10.1. The Morgan fingerprint density at radius 2 is 1.46 bits per heavy atom. The van der Waals surface area contributed by atoms with Gasteiger partial charge in [0.15, 0.2) is 0 Å². The highest BCUT2D eigenvalue weighted by molar-refractivity contribution is 5.23. The maximum atomic E-state index is 2.82. The van der Waals surface area contributed by atoms with E-state index in [1.54, 1.807) is 5.57 Å². The van der Waals surface area contributed by atoms with E-state index in [9.17, 15) is 0 Å². The van der Waals surface area contributed by atoms with E-state index < -0.39 is 0 Å². The van der Waals surface area contributed by atoms with E-state index in [0.29, 0.717) is 22.8 Å². The maximum Gasteiger partial charge on any atom is 0.0361 e. The van der Waals surface area contributed by atoms with E-state index in [-0.39, 0.29) is 11.0 Å². The van der Waals surface area contributed by atoms with Gasteiger partial charge >= 0.3 is 0 Å². The van der Waals surface area contributed by atoms with E-state index in [4.69, 9.17) is 0 Å². The highest BCUT2D eigenvalue weighted by Gasteiger charge is 2.44. The standard InChI is InChI=1S/C23H43N/c1-20(2,3)19-18-13-17(16-24(19)21(4,5)6)14-22(7,8)11-12-23(9,10)15-18/h13,17,19H,11-12,14-16H2,1-10H3. The molecule has 140 valence electrons. The molecule has 0 saturated heterocycles. The molecule has 2 bridgehead atoms. The minimum absolute atomic E-state index is 0.220. The first-order valence-corrected chi connectivity index (χ1v) is 10.1. The van der Waals surface area contributed by atoms with Crippen LogP contribution in [-0.4, -0.2) is 23.0 Å². The lowest BCUT2D eigenvalue weighted by atomic mass is 9.70. The van der Waals surface area contributed by atoms with Gasteiger partial charge in [0, 0.05) is 18.1 Å². The fourth-order valence-corrected chi connectivity index (χ4v) is 5.10. The maximum absolute atomic E-state index is 2.82. The van der Waals surface area contributed by atoms with Crippen molar-refractivity contribution in [3.8, 4) is 0 Å². The summed E-state index contributed by atoms with van der Waals surface area (Å²) in [5, 5.41) is 0. The molecule has 0 aromatic heterocycles. The van der Waals surface area contributed by atoms with Crippen LogP contribution in [0, 0.1) is 22.2 Å². The van der Waals surface area contributed by atoms with Gasteiger partial charge in [0.2, 0.25) is 0 Å². The number of fused-ring (bicyclic) bond motifs is 1. The minimum Gasteiger partial charge on any atom is -0.291 e. The second-order valence-electron chi connectivity index (χ2n) is 12.3. The van der Waals surface area contributed by atoms with Crippen molar-refractivity contribution in [2.45, 2.75) is 107 Å². The molecule has 1 nitrogen and oxygen atoms in total. The molecule has 2 rings (SSSR count). The molecule has 24 heavy (non-hydrogen) atoms. The number of rotatable bonds is 0. The van der Waals surface area contributed by atoms with Crippen LogP contribution in [-0.2, 0) is 0 Å². The molecule has 2 unspecified atom stereocenters. The predicted octanol–water partition coefficient (Wildman–Crippen LogP) is 6.68. The van der Waals surface area contributed by atoms with Gasteiger partial charge in [-0.15, -0.1) is 0 Å². The monoisotopic (exact) mass is 333 g/mol. The second-order valence-corrected chi connectivity index (χ2v) is 12.3. The Balaban J connectivity index is 2.52. The van der Waals surface area contributed by atoms with Crippen LogP contribution < -0.4 is 0 Å². The van der Waals surface area contributed by atoms with Crippen LogP contribution in [0.15, 0.2) is 11.6 Å². The van der Waals surface area contributed by atoms with Gasteiger partial charge in [0.25, 0.3) is 0 Å². The van der Waals surface area contributed by atoms with E-state index >= 15 is 0 Å². The summed E-state index contributed by atoms with van der Waals surface area (Å²) in [6.45, 7) is 25.7. The second kappa shape index (κ2) is 6.15. The normalized spacial score (nSPS) is 31.7. The van der Waals surface area contributed by atoms with Crippen molar-refractivity contribution in [2.75, 3.05) is 6.54 Å². The van der Waals surface area contributed by atoms with Crippen LogP contribution in [0.5, 0.6) is 0 Å². The highest BCUT2D eigenvalue weighted by Crippen LogP contribution is 2.48. The third-order valence-electron chi connectivity index (χ3n) is 6.20. The average molecular weight is 334 g/mol. The molecule has 0 N–H and O–H groups in total. The van der Waals surface area contributed by atoms with Crippen LogP contribution in [0.3, 0.4) is 0 Å². The smallest absolute Gasteiger partial charge is 0.0361 e. The largest absolute Gasteiger partial charge is 0.291 e. The Morgan fingerprint density at radius 1 is 0.917 bits per heavy atom. The molecule has 2 atom stereocenters. The van der Waals surface area contributed by atoms with Crippen molar-refractivity contribution < 1.29 is 0 Å². The Kier molecular flexibility index (Phi) is 5.13. The van der Waals surface area contributed by atoms with Crippen LogP contribution in [0.2, 0.25) is 0 Å². The van der Waals surface area contributed by atoms with Gasteiger partial charge in [0.1, 0.15) is 0 Å². The molecule has 0 aromatic carbocycles. The molecule has 1 heterocycles. The van der Waals surface area contributed by atoms with E-state index in [0.717, 1.165) is 0 Å². The molecule has 0 radical (unpaired) electrons. The number of nitrogens with zero attached hydrogens (tertiary/aromatic N) is 1. The van der Waals surface area contributed by atoms with E-state index in [1.807, 2.05) is 0 Å². The first kappa shape index (κ1) is 20.0. The van der Waals surface area contributed by atoms with Crippen molar-refractivity contribution in [1.29, 1.82) is 0 Å². The molecule has 0 fully saturated rings. The summed E-state index contributed by atoms with van der Waals surface area (Å²) in [5.74, 6) is 0.710. The fourth-order valence-electron chi connectivity index (χ4n) is 5.10. The molecule has 0 spiro atoms. The average Bonchev–Trinajstić information content (AvgIpc) is 2.34. The molecule has 1 heteroatoms. The molecule has 0 saturated carbocycles. The first-order chi connectivity index (χ1) is 10.6. The van der Waals surface area contributed by atoms with Gasteiger partial charge in [-0.25, -0.2) is 0 Å². The molecule has 1 aliphatic heterocycles. The van der Waals surface area contributed by atoms with Gasteiger partial charge in [-0.1, -0.05) is 60.1 Å². The van der Waals surface area contributed by atoms with E-state index in [1.165, 1.54) is 32.2 Å². The zero-order chi connectivity index (χ0) is 18.6. The summed E-state index contributed by atoms with van der Waals surface area (Å²) in [6.07, 6.45) is 7.99. The SMILES string of the molecule is CC1(C)CCC(C)(C)CC2C=C(C1)C(C(C)(C)C)N(C(C)(C)C)C2. The van der Waals surface area contributed by atoms with Crippen molar-refractivity contribution in [1.82, 2.24) is 4.90 Å². The fraction of sp³-hybridized carbons (Fsp3) is 0.913. The lowest BCUT2D eigenvalue weighted by Crippen LogP contribution is -2.57. The van der Waals surface area contributed by atoms with Gasteiger partial charge in [0.05, 0.1) is 0 Å². The van der Waals surface area contributed by atoms with Crippen LogP contribution in [0.4, 0.5) is 0 Å². The number of hydrogen-bond donors (Lipinski definition) is 0. The molecular formula is C23H43N. The number of hydrogen-bond acceptors (Lipinski definition) is 1. The quantitative estimate of drug-likeness (QED) is 0.447. The molecular weight excluding hydrogens is 290 g/mol. The van der Waals surface area contributed by atoms with Crippen LogP contribution >= 0.6 is 0 Å². The third-order valence-corrected chi connectivity index (χ3v) is 6.20. The Morgan fingerprint density at radius 3 is 1.96 bits per heavy atom. The minimum atomic E-state index is 0.220. The molecule has 0 aromatic rings. The summed E-state index contributed by atoms with van der Waals surface area (Å²) in [6, 6.07) is 0.564. The molecule has 2 aliphatic rings. The van der Waals surface area contributed by atoms with Crippen molar-refractivity contribution in [2.24, 2.45) is 22.2 Å². The predicted molar refractivity (Wildman–Crippen MR) is 107 cm³/mol. The summed E-state index contributed by atoms with van der Waals surface area (Å²) < 4.78 is 0. The summed E-state index contributed by atoms with van der Waals surface area (Å²) >= 11 is 0. The lowest BCUT2D eigenvalue weighted by molar-refractivity contribution is 0.0157. The Bertz CT molecular complexity index is 481. The van der Waals surface area contributed by atoms with Crippen molar-refractivity contribution >= 4 is 0 Å². The van der Waals surface area contributed by atoms with Gasteiger partial charge < -0.3 is 0 Å². The summed E-state index contributed by atoms with van der Waals surface area (Å²) in [7, 11) is 0. The van der Waals surface area contributed by atoms with Crippen LogP contribution in [0.25, 0.3) is 0 Å². The van der Waals surface area contributed by atoms with Gasteiger partial charge in [-0.3, -0.25) is 4.90 Å². The Hall–Kier alpha value is -0.300.